The second kappa shape index (κ2) is 9.17. The molecule has 0 aliphatic carbocycles. The highest BCUT2D eigenvalue weighted by Crippen LogP contribution is 2.40. The van der Waals surface area contributed by atoms with Gasteiger partial charge in [0.2, 0.25) is 0 Å². The van der Waals surface area contributed by atoms with Crippen molar-refractivity contribution in [3.8, 4) is 22.4 Å². The molecule has 3 aromatic carbocycles. The first-order valence-corrected chi connectivity index (χ1v) is 10.7. The number of anilines is 1. The first kappa shape index (κ1) is 23.3. The third-order valence-corrected chi connectivity index (χ3v) is 5.50. The lowest BCUT2D eigenvalue weighted by molar-refractivity contribution is -0.137. The van der Waals surface area contributed by atoms with Crippen LogP contribution < -0.4 is 5.32 Å². The molecule has 0 bridgehead atoms. The topological polar surface area (TPSA) is 44.9 Å². The van der Waals surface area contributed by atoms with Crippen LogP contribution in [0.5, 0.6) is 0 Å². The number of hydrogen-bond acceptors (Lipinski definition) is 1. The molecular formula is C27H22F4N2O. The Hall–Kier alpha value is -3.87. The second-order valence-corrected chi connectivity index (χ2v) is 8.22. The van der Waals surface area contributed by atoms with Crippen molar-refractivity contribution >= 4 is 11.6 Å². The van der Waals surface area contributed by atoms with Crippen LogP contribution in [0, 0.1) is 5.82 Å². The number of rotatable bonds is 5. The zero-order valence-corrected chi connectivity index (χ0v) is 18.5. The van der Waals surface area contributed by atoms with Crippen molar-refractivity contribution in [1.29, 1.82) is 0 Å². The fraction of sp³-hybridized carbons (Fsp3) is 0.148. The number of H-pyrrole nitrogens is 1. The molecule has 174 valence electrons. The van der Waals surface area contributed by atoms with E-state index in [0.717, 1.165) is 12.1 Å². The standard InChI is InChI=1S/C27H22F4N2O/c1-16(2)24-23(26(34)32-21-6-4-3-5-7-21)22(17-8-12-19(13-9-17)27(29,30)31)25(33-24)18-10-14-20(28)15-11-18/h3-16,33H,1-2H3,(H,32,34). The summed E-state index contributed by atoms with van der Waals surface area (Å²) in [6, 6.07) is 19.3. The smallest absolute Gasteiger partial charge is 0.357 e. The Kier molecular flexibility index (Phi) is 6.28. The Morgan fingerprint density at radius 2 is 1.44 bits per heavy atom. The number of carbonyl (C=O) groups is 1. The van der Waals surface area contributed by atoms with Crippen LogP contribution in [0.25, 0.3) is 22.4 Å². The van der Waals surface area contributed by atoms with Gasteiger partial charge in [0.1, 0.15) is 5.82 Å². The van der Waals surface area contributed by atoms with Gasteiger partial charge < -0.3 is 10.3 Å². The molecule has 2 N–H and O–H groups in total. The predicted octanol–water partition coefficient (Wildman–Crippen LogP) is 7.88. The fourth-order valence-electron chi connectivity index (χ4n) is 3.85. The highest BCUT2D eigenvalue weighted by atomic mass is 19.4. The monoisotopic (exact) mass is 466 g/mol. The summed E-state index contributed by atoms with van der Waals surface area (Å²) in [5, 5.41) is 2.87. The van der Waals surface area contributed by atoms with Gasteiger partial charge in [0.25, 0.3) is 5.91 Å². The third kappa shape index (κ3) is 4.73. The summed E-state index contributed by atoms with van der Waals surface area (Å²) in [6.07, 6.45) is -4.48. The van der Waals surface area contributed by atoms with Gasteiger partial charge in [0.15, 0.2) is 0 Å². The van der Waals surface area contributed by atoms with E-state index in [2.05, 4.69) is 10.3 Å². The van der Waals surface area contributed by atoms with Crippen molar-refractivity contribution in [3.05, 3.63) is 102 Å². The van der Waals surface area contributed by atoms with E-state index in [1.54, 1.807) is 36.4 Å². The molecule has 4 rings (SSSR count). The van der Waals surface area contributed by atoms with Gasteiger partial charge in [-0.2, -0.15) is 13.2 Å². The summed E-state index contributed by atoms with van der Waals surface area (Å²) in [5.41, 5.74) is 2.80. The molecule has 0 unspecified atom stereocenters. The minimum Gasteiger partial charge on any atom is -0.357 e. The Balaban J connectivity index is 1.93. The second-order valence-electron chi connectivity index (χ2n) is 8.22. The molecule has 3 nitrogen and oxygen atoms in total. The van der Waals surface area contributed by atoms with Crippen molar-refractivity contribution in [2.24, 2.45) is 0 Å². The molecule has 1 amide bonds. The molecule has 7 heteroatoms. The number of nitrogens with one attached hydrogen (secondary N) is 2. The van der Waals surface area contributed by atoms with E-state index in [1.165, 1.54) is 24.3 Å². The van der Waals surface area contributed by atoms with Crippen molar-refractivity contribution < 1.29 is 22.4 Å². The minimum atomic E-state index is -4.48. The maximum absolute atomic E-state index is 13.6. The number of aromatic amines is 1. The number of amides is 1. The van der Waals surface area contributed by atoms with Gasteiger partial charge in [0, 0.05) is 16.9 Å². The van der Waals surface area contributed by atoms with Gasteiger partial charge in [-0.1, -0.05) is 44.2 Å². The average molecular weight is 466 g/mol. The summed E-state index contributed by atoms with van der Waals surface area (Å²) in [6.45, 7) is 3.83. The van der Waals surface area contributed by atoms with E-state index in [9.17, 15) is 22.4 Å². The number of hydrogen-bond donors (Lipinski definition) is 2. The predicted molar refractivity (Wildman–Crippen MR) is 125 cm³/mol. The van der Waals surface area contributed by atoms with Gasteiger partial charge >= 0.3 is 6.18 Å². The summed E-state index contributed by atoms with van der Waals surface area (Å²) in [5.74, 6) is -0.911. The Bertz CT molecular complexity index is 1290. The highest BCUT2D eigenvalue weighted by Gasteiger charge is 2.31. The Morgan fingerprint density at radius 1 is 0.853 bits per heavy atom. The van der Waals surface area contributed by atoms with E-state index in [4.69, 9.17) is 0 Å². The zero-order chi connectivity index (χ0) is 24.5. The van der Waals surface area contributed by atoms with Crippen LogP contribution in [0.1, 0.15) is 41.4 Å². The van der Waals surface area contributed by atoms with Crippen LogP contribution >= 0.6 is 0 Å². The van der Waals surface area contributed by atoms with Crippen LogP contribution in [-0.2, 0) is 6.18 Å². The normalized spacial score (nSPS) is 11.6. The fourth-order valence-corrected chi connectivity index (χ4v) is 3.85. The molecule has 0 aliphatic rings. The molecule has 0 radical (unpaired) electrons. The number of benzene rings is 3. The van der Waals surface area contributed by atoms with Gasteiger partial charge in [-0.05, 0) is 65.6 Å². The number of alkyl halides is 3. The van der Waals surface area contributed by atoms with E-state index >= 15 is 0 Å². The molecule has 34 heavy (non-hydrogen) atoms. The molecule has 0 saturated heterocycles. The van der Waals surface area contributed by atoms with Gasteiger partial charge in [-0.15, -0.1) is 0 Å². The minimum absolute atomic E-state index is 0.0982. The van der Waals surface area contributed by atoms with Gasteiger partial charge in [0.05, 0.1) is 16.8 Å². The zero-order valence-electron chi connectivity index (χ0n) is 18.5. The van der Waals surface area contributed by atoms with Crippen LogP contribution in [-0.4, -0.2) is 10.9 Å². The molecule has 0 fully saturated rings. The molecule has 0 atom stereocenters. The van der Waals surface area contributed by atoms with Gasteiger partial charge in [-0.3, -0.25) is 4.79 Å². The Labute approximate surface area is 194 Å². The Morgan fingerprint density at radius 3 is 2.00 bits per heavy atom. The maximum atomic E-state index is 13.6. The van der Waals surface area contributed by atoms with Crippen molar-refractivity contribution in [2.45, 2.75) is 25.9 Å². The molecule has 4 aromatic rings. The lowest BCUT2D eigenvalue weighted by atomic mass is 9.93. The largest absolute Gasteiger partial charge is 0.416 e. The lowest BCUT2D eigenvalue weighted by Crippen LogP contribution is -2.15. The molecule has 0 aliphatic heterocycles. The summed E-state index contributed by atoms with van der Waals surface area (Å²) < 4.78 is 53.1. The van der Waals surface area contributed by atoms with E-state index in [1.807, 2.05) is 19.9 Å². The van der Waals surface area contributed by atoms with Crippen molar-refractivity contribution in [3.63, 3.8) is 0 Å². The van der Waals surface area contributed by atoms with Crippen LogP contribution in [0.2, 0.25) is 0 Å². The summed E-state index contributed by atoms with van der Waals surface area (Å²) in [7, 11) is 0. The van der Waals surface area contributed by atoms with Crippen LogP contribution in [0.4, 0.5) is 23.2 Å². The summed E-state index contributed by atoms with van der Waals surface area (Å²) in [4.78, 5) is 16.8. The summed E-state index contributed by atoms with van der Waals surface area (Å²) >= 11 is 0. The van der Waals surface area contributed by atoms with Crippen molar-refractivity contribution in [1.82, 2.24) is 4.98 Å². The SMILES string of the molecule is CC(C)c1[nH]c(-c2ccc(F)cc2)c(-c2ccc(C(F)(F)F)cc2)c1C(=O)Nc1ccccc1. The third-order valence-electron chi connectivity index (χ3n) is 5.50. The highest BCUT2D eigenvalue weighted by molar-refractivity contribution is 6.12. The van der Waals surface area contributed by atoms with E-state index in [-0.39, 0.29) is 5.92 Å². The van der Waals surface area contributed by atoms with Crippen LogP contribution in [0.3, 0.4) is 0 Å². The molecule has 1 heterocycles. The quantitative estimate of drug-likeness (QED) is 0.289. The first-order valence-electron chi connectivity index (χ1n) is 10.7. The molecule has 0 saturated carbocycles. The van der Waals surface area contributed by atoms with Crippen LogP contribution in [0.15, 0.2) is 78.9 Å². The number of aromatic nitrogens is 1. The number of halogens is 4. The first-order chi connectivity index (χ1) is 16.1. The lowest BCUT2D eigenvalue weighted by Gasteiger charge is -2.13. The molecule has 1 aromatic heterocycles. The average Bonchev–Trinajstić information content (AvgIpc) is 3.21. The molecular weight excluding hydrogens is 444 g/mol. The maximum Gasteiger partial charge on any atom is 0.416 e. The van der Waals surface area contributed by atoms with E-state index in [0.29, 0.717) is 39.3 Å². The number of carbonyl (C=O) groups excluding carboxylic acids is 1. The number of para-hydroxylation sites is 1. The molecule has 0 spiro atoms. The van der Waals surface area contributed by atoms with Gasteiger partial charge in [-0.25, -0.2) is 4.39 Å². The van der Waals surface area contributed by atoms with E-state index < -0.39 is 23.5 Å². The van der Waals surface area contributed by atoms with Crippen molar-refractivity contribution in [2.75, 3.05) is 5.32 Å².